The molecular formula is C19H29N2O2+. The largest absolute Gasteiger partial charge is 0.370 e. The zero-order valence-corrected chi connectivity index (χ0v) is 14.0. The molecule has 1 amide bonds. The van der Waals surface area contributed by atoms with Crippen molar-refractivity contribution in [2.45, 2.75) is 51.1 Å². The van der Waals surface area contributed by atoms with E-state index < -0.39 is 0 Å². The number of carbonyl (C=O) groups excluding carboxylic acids is 1. The molecule has 1 aliphatic carbocycles. The van der Waals surface area contributed by atoms with Crippen molar-refractivity contribution in [2.24, 2.45) is 0 Å². The summed E-state index contributed by atoms with van der Waals surface area (Å²) in [5.41, 5.74) is 2.09. The fourth-order valence-corrected chi connectivity index (χ4v) is 3.59. The summed E-state index contributed by atoms with van der Waals surface area (Å²) < 4.78 is 5.40. The molecule has 0 spiro atoms. The third-order valence-corrected chi connectivity index (χ3v) is 5.06. The SMILES string of the molecule is O=C(NC1CCCCCC1)c1ccc(C[NH+]2CCOCC2)cc1. The monoisotopic (exact) mass is 317 g/mol. The van der Waals surface area contributed by atoms with Crippen molar-refractivity contribution < 1.29 is 14.4 Å². The predicted octanol–water partition coefficient (Wildman–Crippen LogP) is 1.55. The Hall–Kier alpha value is -1.39. The van der Waals surface area contributed by atoms with Gasteiger partial charge in [0.15, 0.2) is 0 Å². The molecule has 0 unspecified atom stereocenters. The summed E-state index contributed by atoms with van der Waals surface area (Å²) in [6, 6.07) is 8.51. The third kappa shape index (κ3) is 5.05. The molecule has 4 nitrogen and oxygen atoms in total. The van der Waals surface area contributed by atoms with E-state index in [1.807, 2.05) is 12.1 Å². The van der Waals surface area contributed by atoms with Crippen molar-refractivity contribution in [3.63, 3.8) is 0 Å². The highest BCUT2D eigenvalue weighted by Gasteiger charge is 2.17. The smallest absolute Gasteiger partial charge is 0.251 e. The summed E-state index contributed by atoms with van der Waals surface area (Å²) in [6.45, 7) is 4.89. The number of nitrogens with one attached hydrogen (secondary N) is 2. The molecule has 0 radical (unpaired) electrons. The van der Waals surface area contributed by atoms with Crippen LogP contribution >= 0.6 is 0 Å². The molecule has 126 valence electrons. The van der Waals surface area contributed by atoms with Crippen molar-refractivity contribution in [1.29, 1.82) is 0 Å². The minimum absolute atomic E-state index is 0.0853. The van der Waals surface area contributed by atoms with E-state index in [9.17, 15) is 4.79 Å². The maximum atomic E-state index is 12.4. The van der Waals surface area contributed by atoms with Gasteiger partial charge >= 0.3 is 0 Å². The first kappa shape index (κ1) is 16.5. The van der Waals surface area contributed by atoms with E-state index in [-0.39, 0.29) is 5.91 Å². The molecule has 0 bridgehead atoms. The van der Waals surface area contributed by atoms with Gasteiger partial charge in [-0.2, -0.15) is 0 Å². The Morgan fingerprint density at radius 1 is 1.04 bits per heavy atom. The maximum absolute atomic E-state index is 12.4. The average molecular weight is 317 g/mol. The summed E-state index contributed by atoms with van der Waals surface area (Å²) in [5.74, 6) is 0.0853. The van der Waals surface area contributed by atoms with Crippen molar-refractivity contribution in [1.82, 2.24) is 5.32 Å². The van der Waals surface area contributed by atoms with Crippen LogP contribution in [0.5, 0.6) is 0 Å². The molecule has 4 heteroatoms. The van der Waals surface area contributed by atoms with E-state index in [4.69, 9.17) is 4.74 Å². The highest BCUT2D eigenvalue weighted by molar-refractivity contribution is 5.94. The van der Waals surface area contributed by atoms with Crippen molar-refractivity contribution in [3.8, 4) is 0 Å². The number of benzene rings is 1. The van der Waals surface area contributed by atoms with Crippen LogP contribution in [-0.4, -0.2) is 38.3 Å². The van der Waals surface area contributed by atoms with Gasteiger partial charge in [-0.3, -0.25) is 4.79 Å². The number of amides is 1. The van der Waals surface area contributed by atoms with Gasteiger partial charge in [0.2, 0.25) is 0 Å². The van der Waals surface area contributed by atoms with Crippen molar-refractivity contribution in [3.05, 3.63) is 35.4 Å². The van der Waals surface area contributed by atoms with Gasteiger partial charge in [-0.05, 0) is 25.0 Å². The number of ether oxygens (including phenoxy) is 1. The average Bonchev–Trinajstić information content (AvgIpc) is 2.85. The summed E-state index contributed by atoms with van der Waals surface area (Å²) in [7, 11) is 0. The van der Waals surface area contributed by atoms with Gasteiger partial charge in [0, 0.05) is 17.2 Å². The lowest BCUT2D eigenvalue weighted by Crippen LogP contribution is -3.12. The third-order valence-electron chi connectivity index (χ3n) is 5.06. The Bertz CT molecular complexity index is 487. The van der Waals surface area contributed by atoms with E-state index in [2.05, 4.69) is 17.4 Å². The molecule has 23 heavy (non-hydrogen) atoms. The summed E-state index contributed by atoms with van der Waals surface area (Å²) in [4.78, 5) is 14.0. The number of morpholine rings is 1. The Morgan fingerprint density at radius 2 is 1.70 bits per heavy atom. The fourth-order valence-electron chi connectivity index (χ4n) is 3.59. The van der Waals surface area contributed by atoms with E-state index in [0.29, 0.717) is 6.04 Å². The molecule has 0 atom stereocenters. The molecule has 1 saturated heterocycles. The minimum atomic E-state index is 0.0853. The van der Waals surface area contributed by atoms with Gasteiger partial charge in [0.05, 0.1) is 13.2 Å². The van der Waals surface area contributed by atoms with Crippen LogP contribution in [0.15, 0.2) is 24.3 Å². The van der Waals surface area contributed by atoms with E-state index in [1.54, 1.807) is 4.90 Å². The topological polar surface area (TPSA) is 42.8 Å². The van der Waals surface area contributed by atoms with E-state index in [0.717, 1.165) is 51.3 Å². The number of rotatable bonds is 4. The second kappa shape index (κ2) is 8.46. The Balaban J connectivity index is 1.52. The molecular weight excluding hydrogens is 288 g/mol. The number of hydrogen-bond donors (Lipinski definition) is 2. The first-order chi connectivity index (χ1) is 11.3. The van der Waals surface area contributed by atoms with Crippen LogP contribution in [0.1, 0.15) is 54.4 Å². The van der Waals surface area contributed by atoms with Gasteiger partial charge in [0.1, 0.15) is 19.6 Å². The van der Waals surface area contributed by atoms with E-state index in [1.165, 1.54) is 31.2 Å². The summed E-state index contributed by atoms with van der Waals surface area (Å²) >= 11 is 0. The first-order valence-electron chi connectivity index (χ1n) is 9.12. The Labute approximate surface area is 139 Å². The summed E-state index contributed by atoms with van der Waals surface area (Å²) in [6.07, 6.45) is 7.36. The fraction of sp³-hybridized carbons (Fsp3) is 0.632. The highest BCUT2D eigenvalue weighted by atomic mass is 16.5. The summed E-state index contributed by atoms with van der Waals surface area (Å²) in [5, 5.41) is 3.22. The molecule has 1 saturated carbocycles. The molecule has 2 fully saturated rings. The zero-order chi connectivity index (χ0) is 15.9. The zero-order valence-electron chi connectivity index (χ0n) is 14.0. The van der Waals surface area contributed by atoms with Gasteiger partial charge in [-0.1, -0.05) is 37.8 Å². The van der Waals surface area contributed by atoms with Gasteiger partial charge < -0.3 is 15.0 Å². The minimum Gasteiger partial charge on any atom is -0.370 e. The molecule has 2 aliphatic rings. The van der Waals surface area contributed by atoms with Gasteiger partial charge in [-0.25, -0.2) is 0 Å². The highest BCUT2D eigenvalue weighted by Crippen LogP contribution is 2.17. The molecule has 1 heterocycles. The number of quaternary nitrogens is 1. The second-order valence-corrected chi connectivity index (χ2v) is 6.90. The van der Waals surface area contributed by atoms with Gasteiger partial charge in [-0.15, -0.1) is 0 Å². The van der Waals surface area contributed by atoms with Crippen molar-refractivity contribution >= 4 is 5.91 Å². The molecule has 1 aliphatic heterocycles. The van der Waals surface area contributed by atoms with Crippen LogP contribution in [0.4, 0.5) is 0 Å². The molecule has 1 aromatic rings. The molecule has 2 N–H and O–H groups in total. The van der Waals surface area contributed by atoms with Crippen molar-refractivity contribution in [2.75, 3.05) is 26.3 Å². The predicted molar refractivity (Wildman–Crippen MR) is 90.6 cm³/mol. The molecule has 3 rings (SSSR count). The first-order valence-corrected chi connectivity index (χ1v) is 9.12. The number of hydrogen-bond acceptors (Lipinski definition) is 2. The van der Waals surface area contributed by atoms with Crippen LogP contribution in [-0.2, 0) is 11.3 Å². The lowest BCUT2D eigenvalue weighted by Gasteiger charge is -2.23. The normalized spacial score (nSPS) is 20.9. The van der Waals surface area contributed by atoms with Crippen LogP contribution in [0.3, 0.4) is 0 Å². The quantitative estimate of drug-likeness (QED) is 0.828. The maximum Gasteiger partial charge on any atom is 0.251 e. The molecule has 1 aromatic carbocycles. The lowest BCUT2D eigenvalue weighted by molar-refractivity contribution is -0.921. The van der Waals surface area contributed by atoms with Crippen LogP contribution in [0.25, 0.3) is 0 Å². The van der Waals surface area contributed by atoms with Gasteiger partial charge in [0.25, 0.3) is 5.91 Å². The van der Waals surface area contributed by atoms with E-state index >= 15 is 0 Å². The lowest BCUT2D eigenvalue weighted by atomic mass is 10.1. The number of carbonyl (C=O) groups is 1. The molecule has 0 aromatic heterocycles. The Kier molecular flexibility index (Phi) is 6.06. The van der Waals surface area contributed by atoms with Crippen LogP contribution in [0.2, 0.25) is 0 Å². The second-order valence-electron chi connectivity index (χ2n) is 6.90. The van der Waals surface area contributed by atoms with Crippen LogP contribution < -0.4 is 10.2 Å². The van der Waals surface area contributed by atoms with Crippen LogP contribution in [0, 0.1) is 0 Å². The standard InChI is InChI=1S/C19H28N2O2/c22-19(20-18-5-3-1-2-4-6-18)17-9-7-16(8-10-17)15-21-11-13-23-14-12-21/h7-10,18H,1-6,11-15H2,(H,20,22)/p+1. The Morgan fingerprint density at radius 3 is 2.35 bits per heavy atom.